The van der Waals surface area contributed by atoms with Crippen molar-refractivity contribution in [2.45, 2.75) is 51.9 Å². The highest BCUT2D eigenvalue weighted by Gasteiger charge is 2.21. The molecule has 0 radical (unpaired) electrons. The second kappa shape index (κ2) is 11.6. The standard InChI is InChI=1S/C31H34N4O3/c1-23-8-7-11-25(20-23)22-35-28-13-6-5-12-27(28)30(37)34(31(35)38)19-16-29(36)32-26-14-17-33(18-15-26)21-24-9-3-2-4-10-24/h2-13,20,26H,14-19,21-22H2,1H3,(H,32,36). The summed E-state index contributed by atoms with van der Waals surface area (Å²) in [5.74, 6) is -0.129. The summed E-state index contributed by atoms with van der Waals surface area (Å²) in [5, 5.41) is 3.60. The minimum absolute atomic E-state index is 0.0506. The number of hydrogen-bond donors (Lipinski definition) is 1. The molecule has 1 aliphatic heterocycles. The molecule has 0 unspecified atom stereocenters. The van der Waals surface area contributed by atoms with Crippen LogP contribution in [0.4, 0.5) is 0 Å². The molecule has 1 amide bonds. The van der Waals surface area contributed by atoms with Crippen molar-refractivity contribution in [3.8, 4) is 0 Å². The molecular weight excluding hydrogens is 476 g/mol. The van der Waals surface area contributed by atoms with E-state index in [9.17, 15) is 14.4 Å². The number of carbonyl (C=O) groups excluding carboxylic acids is 1. The number of fused-ring (bicyclic) bond motifs is 1. The summed E-state index contributed by atoms with van der Waals surface area (Å²) in [5.41, 5.74) is 3.25. The molecule has 7 nitrogen and oxygen atoms in total. The van der Waals surface area contributed by atoms with Crippen LogP contribution in [0.3, 0.4) is 0 Å². The molecule has 0 atom stereocenters. The van der Waals surface area contributed by atoms with Crippen LogP contribution >= 0.6 is 0 Å². The van der Waals surface area contributed by atoms with Gasteiger partial charge in [0.2, 0.25) is 5.91 Å². The van der Waals surface area contributed by atoms with Crippen LogP contribution in [0.2, 0.25) is 0 Å². The van der Waals surface area contributed by atoms with Crippen molar-refractivity contribution in [3.05, 3.63) is 116 Å². The van der Waals surface area contributed by atoms with Gasteiger partial charge in [-0.05, 0) is 43.0 Å². The molecule has 196 valence electrons. The third-order valence-corrected chi connectivity index (χ3v) is 7.32. The molecule has 0 bridgehead atoms. The number of piperidine rings is 1. The highest BCUT2D eigenvalue weighted by molar-refractivity contribution is 5.78. The molecule has 1 aliphatic rings. The van der Waals surface area contributed by atoms with Gasteiger partial charge in [-0.3, -0.25) is 23.6 Å². The predicted molar refractivity (Wildman–Crippen MR) is 150 cm³/mol. The van der Waals surface area contributed by atoms with E-state index in [0.717, 1.165) is 43.6 Å². The molecule has 5 rings (SSSR count). The zero-order valence-corrected chi connectivity index (χ0v) is 21.8. The summed E-state index contributed by atoms with van der Waals surface area (Å²) in [6, 6.07) is 25.7. The SMILES string of the molecule is Cc1cccc(Cn2c(=O)n(CCC(=O)NC3CCN(Cc4ccccc4)CC3)c(=O)c3ccccc32)c1. The van der Waals surface area contributed by atoms with Crippen molar-refractivity contribution in [1.82, 2.24) is 19.4 Å². The van der Waals surface area contributed by atoms with Crippen molar-refractivity contribution < 1.29 is 4.79 Å². The number of likely N-dealkylation sites (tertiary alicyclic amines) is 1. The van der Waals surface area contributed by atoms with E-state index in [1.807, 2.05) is 43.3 Å². The fraction of sp³-hybridized carbons (Fsp3) is 0.323. The average Bonchev–Trinajstić information content (AvgIpc) is 2.93. The third kappa shape index (κ3) is 5.94. The fourth-order valence-corrected chi connectivity index (χ4v) is 5.30. The molecule has 1 fully saturated rings. The maximum Gasteiger partial charge on any atom is 0.331 e. The molecule has 1 aromatic heterocycles. The normalized spacial score (nSPS) is 14.6. The summed E-state index contributed by atoms with van der Waals surface area (Å²) in [4.78, 5) is 41.9. The number of rotatable bonds is 8. The number of carbonyl (C=O) groups is 1. The van der Waals surface area contributed by atoms with Crippen LogP contribution < -0.4 is 16.6 Å². The van der Waals surface area contributed by atoms with E-state index in [0.29, 0.717) is 17.4 Å². The van der Waals surface area contributed by atoms with Gasteiger partial charge in [0.1, 0.15) is 0 Å². The van der Waals surface area contributed by atoms with E-state index in [-0.39, 0.29) is 30.5 Å². The number of aryl methyl sites for hydroxylation is 1. The second-order valence-electron chi connectivity index (χ2n) is 10.2. The Morgan fingerprint density at radius 1 is 0.842 bits per heavy atom. The molecule has 7 heteroatoms. The van der Waals surface area contributed by atoms with Crippen LogP contribution in [-0.2, 0) is 24.4 Å². The second-order valence-corrected chi connectivity index (χ2v) is 10.2. The summed E-state index contributed by atoms with van der Waals surface area (Å²) < 4.78 is 2.84. The number of aromatic nitrogens is 2. The van der Waals surface area contributed by atoms with E-state index in [1.54, 1.807) is 22.8 Å². The molecule has 38 heavy (non-hydrogen) atoms. The average molecular weight is 511 g/mol. The largest absolute Gasteiger partial charge is 0.353 e. The number of hydrogen-bond acceptors (Lipinski definition) is 4. The first kappa shape index (κ1) is 25.7. The van der Waals surface area contributed by atoms with Gasteiger partial charge in [-0.2, -0.15) is 0 Å². The molecule has 3 aromatic carbocycles. The Balaban J connectivity index is 1.25. The first-order chi connectivity index (χ1) is 18.5. The van der Waals surface area contributed by atoms with Gasteiger partial charge >= 0.3 is 5.69 Å². The first-order valence-corrected chi connectivity index (χ1v) is 13.3. The van der Waals surface area contributed by atoms with Gasteiger partial charge in [0.15, 0.2) is 0 Å². The molecule has 2 heterocycles. The van der Waals surface area contributed by atoms with Gasteiger partial charge in [0.25, 0.3) is 5.56 Å². The Morgan fingerprint density at radius 2 is 1.55 bits per heavy atom. The van der Waals surface area contributed by atoms with Crippen molar-refractivity contribution in [2.75, 3.05) is 13.1 Å². The van der Waals surface area contributed by atoms with Gasteiger partial charge in [0.05, 0.1) is 17.4 Å². The summed E-state index contributed by atoms with van der Waals surface area (Å²) in [6.45, 7) is 5.18. The maximum absolute atomic E-state index is 13.5. The molecule has 4 aromatic rings. The van der Waals surface area contributed by atoms with Crippen LogP contribution in [-0.4, -0.2) is 39.1 Å². The zero-order valence-electron chi connectivity index (χ0n) is 21.8. The van der Waals surface area contributed by atoms with Crippen LogP contribution in [0.5, 0.6) is 0 Å². The number of amides is 1. The Labute approximate surface area is 222 Å². The smallest absolute Gasteiger partial charge is 0.331 e. The van der Waals surface area contributed by atoms with Gasteiger partial charge in [-0.25, -0.2) is 4.79 Å². The minimum Gasteiger partial charge on any atom is -0.353 e. The topological polar surface area (TPSA) is 76.3 Å². The molecule has 1 saturated heterocycles. The zero-order chi connectivity index (χ0) is 26.5. The van der Waals surface area contributed by atoms with Gasteiger partial charge < -0.3 is 5.32 Å². The maximum atomic E-state index is 13.5. The first-order valence-electron chi connectivity index (χ1n) is 13.3. The lowest BCUT2D eigenvalue weighted by Gasteiger charge is -2.32. The van der Waals surface area contributed by atoms with Crippen LogP contribution in [0, 0.1) is 6.92 Å². The van der Waals surface area contributed by atoms with Crippen LogP contribution in [0.15, 0.2) is 88.5 Å². The van der Waals surface area contributed by atoms with Crippen LogP contribution in [0.1, 0.15) is 36.0 Å². The van der Waals surface area contributed by atoms with Crippen molar-refractivity contribution >= 4 is 16.8 Å². The monoisotopic (exact) mass is 510 g/mol. The quantitative estimate of drug-likeness (QED) is 0.392. The van der Waals surface area contributed by atoms with Gasteiger partial charge in [-0.15, -0.1) is 0 Å². The van der Waals surface area contributed by atoms with Gasteiger partial charge in [-0.1, -0.05) is 72.3 Å². The van der Waals surface area contributed by atoms with E-state index in [4.69, 9.17) is 0 Å². The molecule has 1 N–H and O–H groups in total. The Morgan fingerprint density at radius 3 is 2.32 bits per heavy atom. The van der Waals surface area contributed by atoms with Gasteiger partial charge in [0, 0.05) is 38.6 Å². The lowest BCUT2D eigenvalue weighted by Crippen LogP contribution is -2.45. The van der Waals surface area contributed by atoms with Crippen molar-refractivity contribution in [2.24, 2.45) is 0 Å². The lowest BCUT2D eigenvalue weighted by atomic mass is 10.0. The minimum atomic E-state index is -0.391. The lowest BCUT2D eigenvalue weighted by molar-refractivity contribution is -0.122. The fourth-order valence-electron chi connectivity index (χ4n) is 5.30. The summed E-state index contributed by atoms with van der Waals surface area (Å²) in [6.07, 6.45) is 1.86. The highest BCUT2D eigenvalue weighted by atomic mass is 16.2. The Hall–Kier alpha value is -3.97. The third-order valence-electron chi connectivity index (χ3n) is 7.32. The van der Waals surface area contributed by atoms with Crippen LogP contribution in [0.25, 0.3) is 10.9 Å². The Kier molecular flexibility index (Phi) is 7.84. The van der Waals surface area contributed by atoms with E-state index >= 15 is 0 Å². The van der Waals surface area contributed by atoms with Crippen molar-refractivity contribution in [3.63, 3.8) is 0 Å². The molecule has 0 spiro atoms. The Bertz CT molecular complexity index is 1530. The molecule has 0 saturated carbocycles. The summed E-state index contributed by atoms with van der Waals surface area (Å²) in [7, 11) is 0. The highest BCUT2D eigenvalue weighted by Crippen LogP contribution is 2.15. The van der Waals surface area contributed by atoms with E-state index in [2.05, 4.69) is 34.5 Å². The van der Waals surface area contributed by atoms with E-state index < -0.39 is 5.69 Å². The summed E-state index contributed by atoms with van der Waals surface area (Å²) >= 11 is 0. The molecular formula is C31H34N4O3. The number of nitrogens with zero attached hydrogens (tertiary/aromatic N) is 3. The number of para-hydroxylation sites is 1. The number of benzene rings is 3. The van der Waals surface area contributed by atoms with E-state index in [1.165, 1.54) is 10.1 Å². The van der Waals surface area contributed by atoms with Crippen molar-refractivity contribution in [1.29, 1.82) is 0 Å². The molecule has 0 aliphatic carbocycles. The predicted octanol–water partition coefficient (Wildman–Crippen LogP) is 3.69. The number of nitrogens with one attached hydrogen (secondary N) is 1.